The van der Waals surface area contributed by atoms with Crippen LogP contribution in [-0.4, -0.2) is 37.0 Å². The highest BCUT2D eigenvalue weighted by Crippen LogP contribution is 2.29. The second-order valence-corrected chi connectivity index (χ2v) is 7.21. The Balaban J connectivity index is 1.73. The Morgan fingerprint density at radius 2 is 1.93 bits per heavy atom. The Labute approximate surface area is 166 Å². The van der Waals surface area contributed by atoms with Gasteiger partial charge in [0.25, 0.3) is 5.91 Å². The number of carbonyl (C=O) groups excluding carboxylic acids is 1. The van der Waals surface area contributed by atoms with Gasteiger partial charge < -0.3 is 10.1 Å². The summed E-state index contributed by atoms with van der Waals surface area (Å²) < 4.78 is 5.50. The molecule has 0 aliphatic carbocycles. The van der Waals surface area contributed by atoms with Crippen molar-refractivity contribution in [2.45, 2.75) is 32.2 Å². The average molecular weight is 387 g/mol. The minimum Gasteiger partial charge on any atom is -0.494 e. The quantitative estimate of drug-likeness (QED) is 0.750. The number of likely N-dealkylation sites (tertiary alicyclic amines) is 1. The van der Waals surface area contributed by atoms with Gasteiger partial charge in [-0.05, 0) is 62.7 Å². The molecule has 0 spiro atoms. The van der Waals surface area contributed by atoms with Crippen LogP contribution in [0.25, 0.3) is 0 Å². The molecule has 1 unspecified atom stereocenters. The minimum absolute atomic E-state index is 0.0815. The van der Waals surface area contributed by atoms with Crippen molar-refractivity contribution in [1.29, 1.82) is 0 Å². The lowest BCUT2D eigenvalue weighted by Gasteiger charge is -2.35. The summed E-state index contributed by atoms with van der Waals surface area (Å²) in [4.78, 5) is 15.1. The first-order chi connectivity index (χ1) is 13.2. The normalized spacial score (nSPS) is 15.9. The largest absolute Gasteiger partial charge is 0.494 e. The van der Waals surface area contributed by atoms with E-state index in [2.05, 4.69) is 16.3 Å². The number of piperidine rings is 1. The Kier molecular flexibility index (Phi) is 7.13. The first-order valence-corrected chi connectivity index (χ1v) is 10.1. The van der Waals surface area contributed by atoms with E-state index in [1.165, 1.54) is 19.3 Å². The van der Waals surface area contributed by atoms with Crippen LogP contribution in [0.15, 0.2) is 48.5 Å². The summed E-state index contributed by atoms with van der Waals surface area (Å²) in [6, 6.07) is 15.3. The second kappa shape index (κ2) is 9.77. The van der Waals surface area contributed by atoms with E-state index in [0.29, 0.717) is 24.5 Å². The third kappa shape index (κ3) is 5.24. The zero-order valence-corrected chi connectivity index (χ0v) is 16.5. The molecule has 1 aliphatic rings. The van der Waals surface area contributed by atoms with Gasteiger partial charge in [0, 0.05) is 17.1 Å². The molecule has 0 saturated carbocycles. The van der Waals surface area contributed by atoms with Crippen molar-refractivity contribution in [1.82, 2.24) is 10.2 Å². The number of halogens is 1. The van der Waals surface area contributed by atoms with Crippen molar-refractivity contribution in [3.8, 4) is 5.75 Å². The number of benzene rings is 2. The molecule has 2 aromatic carbocycles. The Bertz CT molecular complexity index is 759. The van der Waals surface area contributed by atoms with E-state index in [4.69, 9.17) is 16.3 Å². The molecule has 2 aromatic rings. The van der Waals surface area contributed by atoms with Crippen LogP contribution in [0.4, 0.5) is 0 Å². The zero-order chi connectivity index (χ0) is 19.1. The number of carbonyl (C=O) groups is 1. The molecular formula is C22H27ClN2O2. The summed E-state index contributed by atoms with van der Waals surface area (Å²) in [6.07, 6.45) is 3.64. The summed E-state index contributed by atoms with van der Waals surface area (Å²) in [5.74, 6) is 0.620. The lowest BCUT2D eigenvalue weighted by atomic mass is 10.0. The number of hydrogen-bond donors (Lipinski definition) is 1. The fourth-order valence-corrected chi connectivity index (χ4v) is 3.86. The number of hydrogen-bond acceptors (Lipinski definition) is 3. The standard InChI is InChI=1S/C22H27ClN2O2/c1-2-27-18-10-8-9-17(15-18)22(26)24-16-21(25-13-6-3-7-14-25)19-11-4-5-12-20(19)23/h4-5,8-12,15,21H,2-3,6-7,13-14,16H2,1H3,(H,24,26). The lowest BCUT2D eigenvalue weighted by molar-refractivity contribution is 0.0924. The van der Waals surface area contributed by atoms with Crippen molar-refractivity contribution in [3.63, 3.8) is 0 Å². The maximum atomic E-state index is 12.7. The van der Waals surface area contributed by atoms with E-state index in [-0.39, 0.29) is 11.9 Å². The topological polar surface area (TPSA) is 41.6 Å². The molecule has 1 saturated heterocycles. The summed E-state index contributed by atoms with van der Waals surface area (Å²) in [7, 11) is 0. The highest BCUT2D eigenvalue weighted by Gasteiger charge is 2.24. The van der Waals surface area contributed by atoms with Gasteiger partial charge >= 0.3 is 0 Å². The van der Waals surface area contributed by atoms with Gasteiger partial charge in [-0.1, -0.05) is 42.3 Å². The molecule has 0 radical (unpaired) electrons. The lowest BCUT2D eigenvalue weighted by Crippen LogP contribution is -2.40. The van der Waals surface area contributed by atoms with Crippen molar-refractivity contribution in [2.24, 2.45) is 0 Å². The summed E-state index contributed by atoms with van der Waals surface area (Å²) >= 11 is 6.47. The van der Waals surface area contributed by atoms with Crippen LogP contribution in [0, 0.1) is 0 Å². The number of nitrogens with zero attached hydrogens (tertiary/aromatic N) is 1. The monoisotopic (exact) mass is 386 g/mol. The molecule has 3 rings (SSSR count). The smallest absolute Gasteiger partial charge is 0.251 e. The highest BCUT2D eigenvalue weighted by atomic mass is 35.5. The van der Waals surface area contributed by atoms with Gasteiger partial charge in [0.05, 0.1) is 12.6 Å². The van der Waals surface area contributed by atoms with Crippen LogP contribution in [0.3, 0.4) is 0 Å². The fraction of sp³-hybridized carbons (Fsp3) is 0.409. The predicted molar refractivity (Wildman–Crippen MR) is 110 cm³/mol. The Hall–Kier alpha value is -2.04. The molecule has 1 fully saturated rings. The van der Waals surface area contributed by atoms with Crippen molar-refractivity contribution >= 4 is 17.5 Å². The molecule has 0 bridgehead atoms. The molecule has 144 valence electrons. The number of amides is 1. The molecule has 0 aromatic heterocycles. The molecule has 27 heavy (non-hydrogen) atoms. The maximum Gasteiger partial charge on any atom is 0.251 e. The van der Waals surface area contributed by atoms with Gasteiger partial charge in [-0.15, -0.1) is 0 Å². The van der Waals surface area contributed by atoms with E-state index in [0.717, 1.165) is 23.7 Å². The maximum absolute atomic E-state index is 12.7. The van der Waals surface area contributed by atoms with Crippen molar-refractivity contribution in [2.75, 3.05) is 26.2 Å². The zero-order valence-electron chi connectivity index (χ0n) is 15.8. The van der Waals surface area contributed by atoms with Crippen LogP contribution in [0.5, 0.6) is 5.75 Å². The molecule has 1 N–H and O–H groups in total. The van der Waals surface area contributed by atoms with Gasteiger partial charge in [0.2, 0.25) is 0 Å². The molecule has 4 nitrogen and oxygen atoms in total. The van der Waals surface area contributed by atoms with Crippen LogP contribution in [0.2, 0.25) is 5.02 Å². The predicted octanol–water partition coefficient (Wildman–Crippen LogP) is 4.70. The molecule has 1 amide bonds. The van der Waals surface area contributed by atoms with Crippen LogP contribution >= 0.6 is 11.6 Å². The fourth-order valence-electron chi connectivity index (χ4n) is 3.60. The van der Waals surface area contributed by atoms with E-state index in [1.54, 1.807) is 6.07 Å². The van der Waals surface area contributed by atoms with Gasteiger partial charge in [-0.2, -0.15) is 0 Å². The molecule has 1 aliphatic heterocycles. The van der Waals surface area contributed by atoms with E-state index in [1.807, 2.05) is 43.3 Å². The van der Waals surface area contributed by atoms with Crippen LogP contribution in [0.1, 0.15) is 48.1 Å². The van der Waals surface area contributed by atoms with E-state index < -0.39 is 0 Å². The van der Waals surface area contributed by atoms with Gasteiger partial charge in [-0.3, -0.25) is 9.69 Å². The summed E-state index contributed by atoms with van der Waals surface area (Å²) in [5, 5.41) is 3.85. The SMILES string of the molecule is CCOc1cccc(C(=O)NCC(c2ccccc2Cl)N2CCCCC2)c1. The Morgan fingerprint density at radius 3 is 2.67 bits per heavy atom. The van der Waals surface area contributed by atoms with E-state index in [9.17, 15) is 4.79 Å². The average Bonchev–Trinajstić information content (AvgIpc) is 2.70. The highest BCUT2D eigenvalue weighted by molar-refractivity contribution is 6.31. The van der Waals surface area contributed by atoms with Crippen LogP contribution in [-0.2, 0) is 0 Å². The van der Waals surface area contributed by atoms with Gasteiger partial charge in [-0.25, -0.2) is 0 Å². The van der Waals surface area contributed by atoms with Gasteiger partial charge in [0.15, 0.2) is 0 Å². The third-order valence-electron chi connectivity index (χ3n) is 4.96. The van der Waals surface area contributed by atoms with Crippen molar-refractivity contribution in [3.05, 3.63) is 64.7 Å². The summed E-state index contributed by atoms with van der Waals surface area (Å²) in [6.45, 7) is 5.10. The number of ether oxygens (including phenoxy) is 1. The Morgan fingerprint density at radius 1 is 1.15 bits per heavy atom. The van der Waals surface area contributed by atoms with Gasteiger partial charge in [0.1, 0.15) is 5.75 Å². The second-order valence-electron chi connectivity index (χ2n) is 6.80. The first-order valence-electron chi connectivity index (χ1n) is 9.68. The first kappa shape index (κ1) is 19.7. The molecular weight excluding hydrogens is 360 g/mol. The molecule has 1 heterocycles. The molecule has 5 heteroatoms. The summed E-state index contributed by atoms with van der Waals surface area (Å²) in [5.41, 5.74) is 1.68. The third-order valence-corrected chi connectivity index (χ3v) is 5.30. The minimum atomic E-state index is -0.0920. The van der Waals surface area contributed by atoms with Crippen molar-refractivity contribution < 1.29 is 9.53 Å². The van der Waals surface area contributed by atoms with Crippen LogP contribution < -0.4 is 10.1 Å². The number of nitrogens with one attached hydrogen (secondary N) is 1. The number of rotatable bonds is 7. The molecule has 1 atom stereocenters. The van der Waals surface area contributed by atoms with E-state index >= 15 is 0 Å².